The molecule has 3 rings (SSSR count). The number of fused-ring (bicyclic) bond motifs is 1. The predicted octanol–water partition coefficient (Wildman–Crippen LogP) is 3.25. The van der Waals surface area contributed by atoms with Gasteiger partial charge in [-0.1, -0.05) is 0 Å². The number of benzene rings is 1. The molecule has 0 radical (unpaired) electrons. The summed E-state index contributed by atoms with van der Waals surface area (Å²) in [7, 11) is 4.01. The molecule has 0 aliphatic heterocycles. The Morgan fingerprint density at radius 2 is 1.95 bits per heavy atom. The zero-order valence-electron chi connectivity index (χ0n) is 12.4. The first-order valence-corrected chi connectivity index (χ1v) is 6.92. The average molecular weight is 292 g/mol. The topological polar surface area (TPSA) is 58.1 Å². The normalized spacial score (nSPS) is 10.5. The van der Waals surface area contributed by atoms with E-state index in [0.29, 0.717) is 11.4 Å². The Hall–Kier alpha value is -2.95. The first-order valence-electron chi connectivity index (χ1n) is 6.92. The molecule has 0 saturated carbocycles. The number of hydrogen-bond donors (Lipinski definition) is 1. The van der Waals surface area contributed by atoms with Crippen molar-refractivity contribution in [2.45, 2.75) is 0 Å². The van der Waals surface area contributed by atoms with Crippen molar-refractivity contribution >= 4 is 34.4 Å². The summed E-state index contributed by atoms with van der Waals surface area (Å²) in [6.07, 6.45) is 4.09. The highest BCUT2D eigenvalue weighted by molar-refractivity contribution is 5.94. The van der Waals surface area contributed by atoms with Gasteiger partial charge in [0.25, 0.3) is 0 Å². The number of aldehydes is 1. The van der Waals surface area contributed by atoms with Crippen LogP contribution < -0.4 is 10.2 Å². The van der Waals surface area contributed by atoms with E-state index in [1.807, 2.05) is 37.2 Å². The minimum atomic E-state index is 0.556. The second-order valence-corrected chi connectivity index (χ2v) is 5.17. The van der Waals surface area contributed by atoms with Gasteiger partial charge in [-0.25, -0.2) is 4.98 Å². The number of nitrogens with zero attached hydrogens (tertiary/aromatic N) is 3. The minimum absolute atomic E-state index is 0.556. The summed E-state index contributed by atoms with van der Waals surface area (Å²) in [4.78, 5) is 21.3. The molecule has 1 N–H and O–H groups in total. The van der Waals surface area contributed by atoms with E-state index < -0.39 is 0 Å². The largest absolute Gasteiger partial charge is 0.378 e. The zero-order chi connectivity index (χ0) is 15.5. The number of nitrogens with one attached hydrogen (secondary N) is 1. The summed E-state index contributed by atoms with van der Waals surface area (Å²) in [6.45, 7) is 0. The van der Waals surface area contributed by atoms with Gasteiger partial charge >= 0.3 is 0 Å². The van der Waals surface area contributed by atoms with Crippen LogP contribution in [0.3, 0.4) is 0 Å². The lowest BCUT2D eigenvalue weighted by molar-refractivity contribution is 0.112. The van der Waals surface area contributed by atoms with Crippen molar-refractivity contribution < 1.29 is 4.79 Å². The first-order chi connectivity index (χ1) is 10.7. The number of anilines is 3. The SMILES string of the molecule is CN(C)c1ccc2nccc(Nc3ccc(C=O)cn3)c2c1. The summed E-state index contributed by atoms with van der Waals surface area (Å²) in [6, 6.07) is 11.6. The van der Waals surface area contributed by atoms with Crippen LogP contribution in [0.1, 0.15) is 10.4 Å². The van der Waals surface area contributed by atoms with Gasteiger partial charge in [-0.15, -0.1) is 0 Å². The second kappa shape index (κ2) is 5.81. The average Bonchev–Trinajstić information content (AvgIpc) is 2.55. The smallest absolute Gasteiger partial charge is 0.151 e. The summed E-state index contributed by atoms with van der Waals surface area (Å²) >= 11 is 0. The molecular weight excluding hydrogens is 276 g/mol. The Bertz CT molecular complexity index is 813. The minimum Gasteiger partial charge on any atom is -0.378 e. The summed E-state index contributed by atoms with van der Waals surface area (Å²) < 4.78 is 0. The fraction of sp³-hybridized carbons (Fsp3) is 0.118. The van der Waals surface area contributed by atoms with Crippen molar-refractivity contribution in [3.8, 4) is 0 Å². The van der Waals surface area contributed by atoms with Crippen LogP contribution in [0.2, 0.25) is 0 Å². The molecule has 0 fully saturated rings. The van der Waals surface area contributed by atoms with E-state index in [1.165, 1.54) is 0 Å². The van der Waals surface area contributed by atoms with Crippen molar-refractivity contribution in [2.24, 2.45) is 0 Å². The van der Waals surface area contributed by atoms with Gasteiger partial charge in [0.2, 0.25) is 0 Å². The molecule has 3 aromatic rings. The molecule has 2 heterocycles. The van der Waals surface area contributed by atoms with Gasteiger partial charge in [0, 0.05) is 43.1 Å². The maximum absolute atomic E-state index is 10.7. The molecule has 0 bridgehead atoms. The monoisotopic (exact) mass is 292 g/mol. The van der Waals surface area contributed by atoms with Gasteiger partial charge in [0.05, 0.1) is 11.2 Å². The fourth-order valence-electron chi connectivity index (χ4n) is 2.21. The molecule has 1 aromatic carbocycles. The van der Waals surface area contributed by atoms with Crippen molar-refractivity contribution in [1.82, 2.24) is 9.97 Å². The maximum Gasteiger partial charge on any atom is 0.151 e. The molecule has 0 saturated heterocycles. The van der Waals surface area contributed by atoms with Crippen molar-refractivity contribution in [3.05, 3.63) is 54.4 Å². The highest BCUT2D eigenvalue weighted by Gasteiger charge is 2.05. The second-order valence-electron chi connectivity index (χ2n) is 5.17. The van der Waals surface area contributed by atoms with E-state index in [4.69, 9.17) is 0 Å². The zero-order valence-corrected chi connectivity index (χ0v) is 12.4. The maximum atomic E-state index is 10.7. The van der Waals surface area contributed by atoms with Gasteiger partial charge in [0.1, 0.15) is 5.82 Å². The Labute approximate surface area is 128 Å². The third-order valence-electron chi connectivity index (χ3n) is 3.43. The highest BCUT2D eigenvalue weighted by Crippen LogP contribution is 2.27. The Morgan fingerprint density at radius 1 is 1.09 bits per heavy atom. The van der Waals surface area contributed by atoms with E-state index >= 15 is 0 Å². The number of aromatic nitrogens is 2. The standard InChI is InChI=1S/C17H16N4O/c1-21(2)13-4-5-15-14(9-13)16(7-8-18-15)20-17-6-3-12(11-22)10-19-17/h3-11H,1-2H3,(H,18,19,20). The Kier molecular flexibility index (Phi) is 3.70. The molecule has 0 amide bonds. The molecule has 0 atom stereocenters. The summed E-state index contributed by atoms with van der Waals surface area (Å²) in [5.74, 6) is 0.688. The molecule has 0 aliphatic carbocycles. The molecule has 0 unspecified atom stereocenters. The van der Waals surface area contributed by atoms with E-state index in [9.17, 15) is 4.79 Å². The lowest BCUT2D eigenvalue weighted by Gasteiger charge is -2.14. The molecule has 5 heteroatoms. The molecule has 0 aliphatic rings. The van der Waals surface area contributed by atoms with E-state index in [2.05, 4.69) is 21.4 Å². The lowest BCUT2D eigenvalue weighted by Crippen LogP contribution is -2.08. The highest BCUT2D eigenvalue weighted by atomic mass is 16.1. The number of rotatable bonds is 4. The number of pyridine rings is 2. The van der Waals surface area contributed by atoms with Crippen LogP contribution in [-0.2, 0) is 0 Å². The van der Waals surface area contributed by atoms with E-state index in [0.717, 1.165) is 28.6 Å². The third-order valence-corrected chi connectivity index (χ3v) is 3.43. The quantitative estimate of drug-likeness (QED) is 0.748. The van der Waals surface area contributed by atoms with Gasteiger partial charge in [-0.05, 0) is 36.4 Å². The van der Waals surface area contributed by atoms with Crippen LogP contribution in [0.25, 0.3) is 10.9 Å². The predicted molar refractivity (Wildman–Crippen MR) is 89.0 cm³/mol. The lowest BCUT2D eigenvalue weighted by atomic mass is 10.1. The summed E-state index contributed by atoms with van der Waals surface area (Å²) in [5, 5.41) is 4.30. The van der Waals surface area contributed by atoms with E-state index in [1.54, 1.807) is 24.5 Å². The van der Waals surface area contributed by atoms with Crippen molar-refractivity contribution in [2.75, 3.05) is 24.3 Å². The summed E-state index contributed by atoms with van der Waals surface area (Å²) in [5.41, 5.74) is 3.51. The van der Waals surface area contributed by atoms with Crippen LogP contribution in [-0.4, -0.2) is 30.3 Å². The van der Waals surface area contributed by atoms with E-state index in [-0.39, 0.29) is 0 Å². The Morgan fingerprint density at radius 3 is 2.64 bits per heavy atom. The van der Waals surface area contributed by atoms with Gasteiger partial charge in [-0.2, -0.15) is 0 Å². The molecule has 0 spiro atoms. The van der Waals surface area contributed by atoms with Crippen LogP contribution in [0.15, 0.2) is 48.8 Å². The molecule has 110 valence electrons. The third kappa shape index (κ3) is 2.74. The van der Waals surface area contributed by atoms with Crippen LogP contribution in [0.5, 0.6) is 0 Å². The Balaban J connectivity index is 2.01. The first kappa shape index (κ1) is 14.0. The van der Waals surface area contributed by atoms with Crippen LogP contribution >= 0.6 is 0 Å². The fourth-order valence-corrected chi connectivity index (χ4v) is 2.21. The van der Waals surface area contributed by atoms with Gasteiger partial charge in [-0.3, -0.25) is 9.78 Å². The number of carbonyl (C=O) groups is 1. The number of carbonyl (C=O) groups excluding carboxylic acids is 1. The van der Waals surface area contributed by atoms with Crippen molar-refractivity contribution in [3.63, 3.8) is 0 Å². The van der Waals surface area contributed by atoms with Crippen LogP contribution in [0, 0.1) is 0 Å². The molecule has 2 aromatic heterocycles. The molecular formula is C17H16N4O. The molecule has 22 heavy (non-hydrogen) atoms. The van der Waals surface area contributed by atoms with Gasteiger partial charge in [0.15, 0.2) is 6.29 Å². The number of hydrogen-bond acceptors (Lipinski definition) is 5. The van der Waals surface area contributed by atoms with Crippen LogP contribution in [0.4, 0.5) is 17.2 Å². The van der Waals surface area contributed by atoms with Crippen molar-refractivity contribution in [1.29, 1.82) is 0 Å². The molecule has 5 nitrogen and oxygen atoms in total. The van der Waals surface area contributed by atoms with Gasteiger partial charge < -0.3 is 10.2 Å².